The fraction of sp³-hybridized carbons (Fsp3) is 0.448. The van der Waals surface area contributed by atoms with Gasteiger partial charge in [0.25, 0.3) is 5.91 Å². The van der Waals surface area contributed by atoms with Crippen molar-refractivity contribution in [2.24, 2.45) is 11.8 Å². The summed E-state index contributed by atoms with van der Waals surface area (Å²) in [6.07, 6.45) is 9.48. The molecule has 2 unspecified atom stereocenters. The lowest BCUT2D eigenvalue weighted by molar-refractivity contribution is 0.0745. The third-order valence-corrected chi connectivity index (χ3v) is 8.42. The van der Waals surface area contributed by atoms with Gasteiger partial charge in [-0.25, -0.2) is 0 Å². The van der Waals surface area contributed by atoms with Crippen molar-refractivity contribution in [1.82, 2.24) is 14.8 Å². The molecule has 3 aliphatic rings. The Morgan fingerprint density at radius 2 is 1.58 bits per heavy atom. The van der Waals surface area contributed by atoms with Crippen LogP contribution in [0.2, 0.25) is 0 Å². The lowest BCUT2D eigenvalue weighted by atomic mass is 9.81. The van der Waals surface area contributed by atoms with Crippen molar-refractivity contribution < 1.29 is 4.79 Å². The average molecular weight is 440 g/mol. The van der Waals surface area contributed by atoms with Gasteiger partial charge in [0.05, 0.1) is 5.52 Å². The molecule has 4 heteroatoms. The van der Waals surface area contributed by atoms with Gasteiger partial charge in [-0.15, -0.1) is 0 Å². The monoisotopic (exact) mass is 439 g/mol. The summed E-state index contributed by atoms with van der Waals surface area (Å²) in [5, 5.41) is 0.946. The second-order valence-corrected chi connectivity index (χ2v) is 10.4. The zero-order chi connectivity index (χ0) is 22.4. The highest BCUT2D eigenvalue weighted by Gasteiger charge is 2.44. The third-order valence-electron chi connectivity index (χ3n) is 8.42. The molecule has 2 bridgehead atoms. The Morgan fingerprint density at radius 3 is 2.30 bits per heavy atom. The minimum atomic E-state index is 0.113. The topological polar surface area (TPSA) is 36.4 Å². The van der Waals surface area contributed by atoms with Crippen LogP contribution in [0.3, 0.4) is 0 Å². The Labute approximate surface area is 196 Å². The predicted octanol–water partition coefficient (Wildman–Crippen LogP) is 6.01. The molecule has 170 valence electrons. The van der Waals surface area contributed by atoms with Crippen molar-refractivity contribution in [3.63, 3.8) is 0 Å². The highest BCUT2D eigenvalue weighted by molar-refractivity contribution is 6.06. The molecule has 2 fully saturated rings. The molecule has 33 heavy (non-hydrogen) atoms. The maximum atomic E-state index is 13.2. The first-order chi connectivity index (χ1) is 16.2. The van der Waals surface area contributed by atoms with Crippen LogP contribution in [0.1, 0.15) is 72.1 Å². The number of fused-ring (bicyclic) bond motifs is 6. The van der Waals surface area contributed by atoms with Gasteiger partial charge >= 0.3 is 0 Å². The molecule has 1 saturated carbocycles. The van der Waals surface area contributed by atoms with E-state index in [4.69, 9.17) is 0 Å². The maximum absolute atomic E-state index is 13.2. The first-order valence-electron chi connectivity index (χ1n) is 12.6. The zero-order valence-electron chi connectivity index (χ0n) is 19.5. The number of carbonyl (C=O) groups is 1. The van der Waals surface area contributed by atoms with E-state index in [0.717, 1.165) is 28.9 Å². The van der Waals surface area contributed by atoms with E-state index in [9.17, 15) is 4.79 Å². The van der Waals surface area contributed by atoms with Gasteiger partial charge in [-0.2, -0.15) is 0 Å². The van der Waals surface area contributed by atoms with Gasteiger partial charge in [0.15, 0.2) is 0 Å². The van der Waals surface area contributed by atoms with Gasteiger partial charge in [-0.05, 0) is 79.7 Å². The van der Waals surface area contributed by atoms with Gasteiger partial charge in [-0.3, -0.25) is 14.7 Å². The van der Waals surface area contributed by atoms with Gasteiger partial charge < -0.3 is 4.90 Å². The van der Waals surface area contributed by atoms with Crippen LogP contribution in [-0.2, 0) is 0 Å². The van der Waals surface area contributed by atoms with E-state index >= 15 is 0 Å². The summed E-state index contributed by atoms with van der Waals surface area (Å²) < 4.78 is 0. The Morgan fingerprint density at radius 1 is 0.879 bits per heavy atom. The highest BCUT2D eigenvalue weighted by Crippen LogP contribution is 2.53. The molecule has 3 aromatic rings. The molecule has 1 saturated heterocycles. The summed E-state index contributed by atoms with van der Waals surface area (Å²) in [5.74, 6) is 1.52. The van der Waals surface area contributed by atoms with E-state index < -0.39 is 0 Å². The lowest BCUT2D eigenvalue weighted by Crippen LogP contribution is -2.35. The third kappa shape index (κ3) is 3.74. The number of pyridine rings is 1. The van der Waals surface area contributed by atoms with Gasteiger partial charge in [0.1, 0.15) is 0 Å². The van der Waals surface area contributed by atoms with Gasteiger partial charge in [0.2, 0.25) is 0 Å². The van der Waals surface area contributed by atoms with Crippen LogP contribution in [-0.4, -0.2) is 40.8 Å². The smallest absolute Gasteiger partial charge is 0.254 e. The number of benzene rings is 2. The molecule has 0 N–H and O–H groups in total. The first-order valence-corrected chi connectivity index (χ1v) is 12.6. The molecule has 2 aromatic carbocycles. The summed E-state index contributed by atoms with van der Waals surface area (Å²) >= 11 is 0. The number of rotatable bonds is 5. The summed E-state index contributed by atoms with van der Waals surface area (Å²) in [5.41, 5.74) is 4.83. The molecule has 0 spiro atoms. The average Bonchev–Trinajstić information content (AvgIpc) is 3.40. The van der Waals surface area contributed by atoms with E-state index in [0.29, 0.717) is 18.0 Å². The molecule has 1 aromatic heterocycles. The molecular formula is C29H33N3O. The van der Waals surface area contributed by atoms with Crippen molar-refractivity contribution in [2.75, 3.05) is 20.1 Å². The second kappa shape index (κ2) is 8.57. The van der Waals surface area contributed by atoms with Crippen molar-refractivity contribution in [3.8, 4) is 0 Å². The second-order valence-electron chi connectivity index (χ2n) is 10.4. The molecule has 4 nitrogen and oxygen atoms in total. The van der Waals surface area contributed by atoms with Crippen LogP contribution in [0.15, 0.2) is 60.8 Å². The Bertz CT molecular complexity index is 1130. The van der Waals surface area contributed by atoms with Crippen LogP contribution in [0.5, 0.6) is 0 Å². The van der Waals surface area contributed by atoms with E-state index in [1.54, 1.807) is 17.3 Å². The largest absolute Gasteiger partial charge is 0.341 e. The minimum Gasteiger partial charge on any atom is -0.341 e. The molecular weight excluding hydrogens is 406 g/mol. The summed E-state index contributed by atoms with van der Waals surface area (Å²) in [4.78, 5) is 22.3. The molecule has 1 aliphatic carbocycles. The van der Waals surface area contributed by atoms with E-state index in [1.165, 1.54) is 45.1 Å². The summed E-state index contributed by atoms with van der Waals surface area (Å²) in [6.45, 7) is 2.09. The first kappa shape index (κ1) is 20.9. The standard InChI is InChI=1S/C29H33N3O/c1-31(29(33)25-8-4-10-26-22(25)9-5-17-30-26)18-20-11-13-21(14-12-20)19-32-27-15-16-28(32)24-7-3-2-6-23(24)27/h2-10,17,20-21,27-28H,11-16,18-19H2,1H3. The zero-order valence-corrected chi connectivity index (χ0v) is 19.5. The normalized spacial score (nSPS) is 26.5. The number of nitrogens with zero attached hydrogens (tertiary/aromatic N) is 3. The predicted molar refractivity (Wildman–Crippen MR) is 132 cm³/mol. The molecule has 0 radical (unpaired) electrons. The number of hydrogen-bond donors (Lipinski definition) is 0. The number of amides is 1. The minimum absolute atomic E-state index is 0.113. The Balaban J connectivity index is 1.05. The van der Waals surface area contributed by atoms with E-state index in [-0.39, 0.29) is 5.91 Å². The molecule has 6 rings (SSSR count). The number of aromatic nitrogens is 1. The van der Waals surface area contributed by atoms with Crippen LogP contribution >= 0.6 is 0 Å². The quantitative estimate of drug-likeness (QED) is 0.489. The fourth-order valence-electron chi connectivity index (χ4n) is 6.77. The van der Waals surface area contributed by atoms with Crippen molar-refractivity contribution in [3.05, 3.63) is 77.5 Å². The van der Waals surface area contributed by atoms with Crippen LogP contribution in [0.25, 0.3) is 10.9 Å². The van der Waals surface area contributed by atoms with Crippen LogP contribution < -0.4 is 0 Å². The van der Waals surface area contributed by atoms with E-state index in [2.05, 4.69) is 34.1 Å². The van der Waals surface area contributed by atoms with Crippen LogP contribution in [0.4, 0.5) is 0 Å². The number of hydrogen-bond acceptors (Lipinski definition) is 3. The summed E-state index contributed by atoms with van der Waals surface area (Å²) in [7, 11) is 1.96. The van der Waals surface area contributed by atoms with Crippen molar-refractivity contribution in [2.45, 2.75) is 50.6 Å². The fourth-order valence-corrected chi connectivity index (χ4v) is 6.77. The molecule has 3 heterocycles. The van der Waals surface area contributed by atoms with Gasteiger partial charge in [0, 0.05) is 49.4 Å². The van der Waals surface area contributed by atoms with Gasteiger partial charge in [-0.1, -0.05) is 36.4 Å². The SMILES string of the molecule is CN(CC1CCC(CN2C3CCC2c2ccccc23)CC1)C(=O)c1cccc2ncccc12. The lowest BCUT2D eigenvalue weighted by Gasteiger charge is -2.34. The van der Waals surface area contributed by atoms with Crippen molar-refractivity contribution in [1.29, 1.82) is 0 Å². The van der Waals surface area contributed by atoms with Crippen LogP contribution in [0, 0.1) is 11.8 Å². The Kier molecular flexibility index (Phi) is 5.41. The molecule has 2 atom stereocenters. The molecule has 2 aliphatic heterocycles. The number of carbonyl (C=O) groups excluding carboxylic acids is 1. The van der Waals surface area contributed by atoms with Crippen molar-refractivity contribution >= 4 is 16.8 Å². The maximum Gasteiger partial charge on any atom is 0.254 e. The van der Waals surface area contributed by atoms with E-state index in [1.807, 2.05) is 42.3 Å². The highest BCUT2D eigenvalue weighted by atomic mass is 16.2. The Hall–Kier alpha value is -2.72. The molecule has 1 amide bonds. The summed E-state index contributed by atoms with van der Waals surface area (Å²) in [6, 6.07) is 20.2.